The van der Waals surface area contributed by atoms with E-state index in [-0.39, 0.29) is 24.7 Å². The zero-order chi connectivity index (χ0) is 33.7. The molecule has 0 spiro atoms. The number of rotatable bonds is 11. The van der Waals surface area contributed by atoms with Crippen LogP contribution in [0.15, 0.2) is 81.7 Å². The van der Waals surface area contributed by atoms with Gasteiger partial charge < -0.3 is 18.9 Å². The van der Waals surface area contributed by atoms with Gasteiger partial charge in [0, 0.05) is 9.13 Å². The third-order valence-electron chi connectivity index (χ3n) is 7.20. The molecule has 1 aliphatic rings. The van der Waals surface area contributed by atoms with Crippen molar-refractivity contribution in [1.29, 1.82) is 0 Å². The number of fused-ring (bicyclic) bond motifs is 1. The molecule has 0 amide bonds. The summed E-state index contributed by atoms with van der Waals surface area (Å²) in [5.74, 6) is 0.431. The number of halogens is 2. The first-order valence-electron chi connectivity index (χ1n) is 14.9. The molecule has 1 aliphatic heterocycles. The summed E-state index contributed by atoms with van der Waals surface area (Å²) in [6, 6.07) is 17.7. The number of allylic oxidation sites excluding steroid dienone is 1. The fourth-order valence-corrected chi connectivity index (χ4v) is 8.19. The molecular weight excluding hydrogens is 846 g/mol. The molecular formula is C35H32I2N2O7S. The zero-order valence-corrected chi connectivity index (χ0v) is 31.3. The molecule has 0 bridgehead atoms. The fraction of sp³-hybridized carbons (Fsp3) is 0.257. The molecule has 244 valence electrons. The lowest BCUT2D eigenvalue weighted by atomic mass is 9.96. The van der Waals surface area contributed by atoms with Crippen molar-refractivity contribution in [3.63, 3.8) is 0 Å². The van der Waals surface area contributed by atoms with Gasteiger partial charge in [-0.15, -0.1) is 0 Å². The van der Waals surface area contributed by atoms with Gasteiger partial charge in [-0.1, -0.05) is 35.6 Å². The number of carbonyl (C=O) groups is 2. The Labute approximate surface area is 303 Å². The highest BCUT2D eigenvalue weighted by molar-refractivity contribution is 14.1. The van der Waals surface area contributed by atoms with Crippen molar-refractivity contribution in [2.75, 3.05) is 19.8 Å². The number of nitrogens with zero attached hydrogens (tertiary/aromatic N) is 2. The molecule has 0 unspecified atom stereocenters. The maximum Gasteiger partial charge on any atom is 0.338 e. The molecule has 1 aromatic heterocycles. The number of ether oxygens (including phenoxy) is 4. The van der Waals surface area contributed by atoms with Gasteiger partial charge in [0.15, 0.2) is 4.80 Å². The summed E-state index contributed by atoms with van der Waals surface area (Å²) in [7, 11) is 0. The van der Waals surface area contributed by atoms with Crippen molar-refractivity contribution < 1.29 is 28.5 Å². The van der Waals surface area contributed by atoms with E-state index >= 15 is 0 Å². The molecule has 12 heteroatoms. The first kappa shape index (κ1) is 34.8. The fourth-order valence-electron chi connectivity index (χ4n) is 5.11. The van der Waals surface area contributed by atoms with E-state index in [1.54, 1.807) is 37.5 Å². The van der Waals surface area contributed by atoms with Gasteiger partial charge in [0.2, 0.25) is 0 Å². The normalized spacial score (nSPS) is 14.3. The predicted molar refractivity (Wildman–Crippen MR) is 197 cm³/mol. The standard InChI is InChI=1S/C35H32I2N2O7S/c1-5-43-26-14-12-22(13-15-26)30-29(34(42)45-7-3)20(4)38-35-39(30)32(40)28(47-35)17-24-16-25(36)18-27(37)31(24)46-19-21-8-10-23(11-9-21)33(41)44-6-2/h8-18,30H,5-7,19H2,1-4H3/b28-17-/t30-/m0/s1. The minimum absolute atomic E-state index is 0.194. The van der Waals surface area contributed by atoms with Crippen molar-refractivity contribution in [2.45, 2.75) is 40.3 Å². The van der Waals surface area contributed by atoms with Crippen molar-refractivity contribution >= 4 is 74.5 Å². The Hall–Kier alpha value is -3.50. The predicted octanol–water partition coefficient (Wildman–Crippen LogP) is 6.16. The lowest BCUT2D eigenvalue weighted by Crippen LogP contribution is -2.39. The van der Waals surface area contributed by atoms with Crippen LogP contribution in [-0.2, 0) is 20.9 Å². The summed E-state index contributed by atoms with van der Waals surface area (Å²) in [6.45, 7) is 8.46. The van der Waals surface area contributed by atoms with Crippen molar-refractivity contribution in [2.24, 2.45) is 4.99 Å². The van der Waals surface area contributed by atoms with Crippen LogP contribution in [0.4, 0.5) is 0 Å². The third-order valence-corrected chi connectivity index (χ3v) is 9.60. The maximum atomic E-state index is 14.2. The smallest absolute Gasteiger partial charge is 0.338 e. The number of thiazole rings is 1. The van der Waals surface area contributed by atoms with E-state index in [0.29, 0.717) is 50.9 Å². The molecule has 0 saturated heterocycles. The van der Waals surface area contributed by atoms with Gasteiger partial charge in [-0.3, -0.25) is 9.36 Å². The number of hydrogen-bond acceptors (Lipinski definition) is 9. The Morgan fingerprint density at radius 3 is 2.26 bits per heavy atom. The van der Waals surface area contributed by atoms with E-state index in [4.69, 9.17) is 18.9 Å². The second kappa shape index (κ2) is 15.6. The molecule has 47 heavy (non-hydrogen) atoms. The quantitative estimate of drug-likeness (QED) is 0.131. The van der Waals surface area contributed by atoms with Crippen LogP contribution < -0.4 is 24.4 Å². The number of aromatic nitrogens is 1. The van der Waals surface area contributed by atoms with Crippen LogP contribution in [-0.4, -0.2) is 36.3 Å². The molecule has 0 fully saturated rings. The molecule has 0 saturated carbocycles. The van der Waals surface area contributed by atoms with Crippen molar-refractivity contribution in [3.05, 3.63) is 121 Å². The minimum Gasteiger partial charge on any atom is -0.494 e. The van der Waals surface area contributed by atoms with Gasteiger partial charge in [0.05, 0.1) is 50.8 Å². The lowest BCUT2D eigenvalue weighted by molar-refractivity contribution is -0.139. The summed E-state index contributed by atoms with van der Waals surface area (Å²) in [5, 5.41) is 0. The summed E-state index contributed by atoms with van der Waals surface area (Å²) in [5.41, 5.74) is 3.34. The van der Waals surface area contributed by atoms with E-state index in [9.17, 15) is 14.4 Å². The van der Waals surface area contributed by atoms with E-state index in [1.165, 1.54) is 11.3 Å². The van der Waals surface area contributed by atoms with Crippen LogP contribution in [0.25, 0.3) is 6.08 Å². The van der Waals surface area contributed by atoms with Crippen LogP contribution in [0.2, 0.25) is 0 Å². The highest BCUT2D eigenvalue weighted by Crippen LogP contribution is 2.33. The zero-order valence-electron chi connectivity index (χ0n) is 26.2. The minimum atomic E-state index is -0.729. The molecule has 0 aliphatic carbocycles. The molecule has 0 radical (unpaired) electrons. The van der Waals surface area contributed by atoms with Gasteiger partial charge in [-0.05, 0) is 126 Å². The summed E-state index contributed by atoms with van der Waals surface area (Å²) in [6.07, 6.45) is 1.81. The van der Waals surface area contributed by atoms with Gasteiger partial charge in [0.1, 0.15) is 18.1 Å². The van der Waals surface area contributed by atoms with Crippen LogP contribution in [0.1, 0.15) is 60.8 Å². The summed E-state index contributed by atoms with van der Waals surface area (Å²) < 4.78 is 26.3. The summed E-state index contributed by atoms with van der Waals surface area (Å²) in [4.78, 5) is 44.7. The first-order chi connectivity index (χ1) is 22.6. The Bertz CT molecular complexity index is 2020. The topological polar surface area (TPSA) is 105 Å². The average molecular weight is 879 g/mol. The van der Waals surface area contributed by atoms with E-state index in [1.807, 2.05) is 61.5 Å². The Morgan fingerprint density at radius 1 is 0.915 bits per heavy atom. The SMILES string of the molecule is CCOC(=O)C1=C(C)N=c2s/c(=C\c3cc(I)cc(I)c3OCc3ccc(C(=O)OCC)cc3)c(=O)n2[C@H]1c1ccc(OCC)cc1. The molecule has 9 nitrogen and oxygen atoms in total. The largest absolute Gasteiger partial charge is 0.494 e. The maximum absolute atomic E-state index is 14.2. The van der Waals surface area contributed by atoms with Crippen LogP contribution in [0.3, 0.4) is 0 Å². The van der Waals surface area contributed by atoms with Gasteiger partial charge in [0.25, 0.3) is 5.56 Å². The highest BCUT2D eigenvalue weighted by atomic mass is 127. The number of esters is 2. The molecule has 4 aromatic rings. The number of hydrogen-bond donors (Lipinski definition) is 0. The Morgan fingerprint density at radius 2 is 1.60 bits per heavy atom. The van der Waals surface area contributed by atoms with Crippen LogP contribution in [0.5, 0.6) is 11.5 Å². The first-order valence-corrected chi connectivity index (χ1v) is 17.9. The van der Waals surface area contributed by atoms with Gasteiger partial charge in [-0.2, -0.15) is 0 Å². The van der Waals surface area contributed by atoms with Crippen LogP contribution in [0, 0.1) is 7.14 Å². The van der Waals surface area contributed by atoms with E-state index in [2.05, 4.69) is 50.2 Å². The molecule has 5 rings (SSSR count). The number of carbonyl (C=O) groups excluding carboxylic acids is 2. The van der Waals surface area contributed by atoms with E-state index < -0.39 is 12.0 Å². The van der Waals surface area contributed by atoms with E-state index in [0.717, 1.165) is 23.8 Å². The third kappa shape index (κ3) is 7.81. The average Bonchev–Trinajstić information content (AvgIpc) is 3.34. The lowest BCUT2D eigenvalue weighted by Gasteiger charge is -2.24. The molecule has 0 N–H and O–H groups in total. The van der Waals surface area contributed by atoms with Gasteiger partial charge >= 0.3 is 11.9 Å². The Balaban J connectivity index is 1.56. The van der Waals surface area contributed by atoms with Gasteiger partial charge in [-0.25, -0.2) is 14.6 Å². The second-order valence-corrected chi connectivity index (χ2v) is 13.7. The van der Waals surface area contributed by atoms with Crippen molar-refractivity contribution in [1.82, 2.24) is 4.57 Å². The number of benzene rings is 3. The molecule has 3 aromatic carbocycles. The van der Waals surface area contributed by atoms with Crippen molar-refractivity contribution in [3.8, 4) is 11.5 Å². The Kier molecular flexibility index (Phi) is 11.6. The summed E-state index contributed by atoms with van der Waals surface area (Å²) >= 11 is 5.72. The monoisotopic (exact) mass is 878 g/mol. The molecule has 1 atom stereocenters. The second-order valence-electron chi connectivity index (χ2n) is 10.3. The molecule has 2 heterocycles. The van der Waals surface area contributed by atoms with Crippen LogP contribution >= 0.6 is 56.5 Å². The highest BCUT2D eigenvalue weighted by Gasteiger charge is 2.33.